The first-order valence-corrected chi connectivity index (χ1v) is 13.1. The predicted octanol–water partition coefficient (Wildman–Crippen LogP) is 5.75. The first-order chi connectivity index (χ1) is 18.8. The second-order valence-corrected chi connectivity index (χ2v) is 9.38. The SMILES string of the molecule is CCOc1cc2[nH]c(O)c(C(=Nc3ccc(N(CCN(C)C)C(C)=O)cc3)c3ccccc3)c2cc1OCC. The zero-order valence-corrected chi connectivity index (χ0v) is 23.2. The second kappa shape index (κ2) is 12.5. The Balaban J connectivity index is 1.82. The van der Waals surface area contributed by atoms with Gasteiger partial charge >= 0.3 is 0 Å². The maximum Gasteiger partial charge on any atom is 0.223 e. The summed E-state index contributed by atoms with van der Waals surface area (Å²) in [4.78, 5) is 24.2. The summed E-state index contributed by atoms with van der Waals surface area (Å²) in [7, 11) is 3.96. The first-order valence-electron chi connectivity index (χ1n) is 13.1. The summed E-state index contributed by atoms with van der Waals surface area (Å²) in [6.07, 6.45) is 0. The number of nitrogens with zero attached hydrogens (tertiary/aromatic N) is 3. The van der Waals surface area contributed by atoms with Crippen molar-refractivity contribution in [2.45, 2.75) is 20.8 Å². The molecule has 1 aromatic heterocycles. The van der Waals surface area contributed by atoms with Gasteiger partial charge < -0.3 is 29.4 Å². The van der Waals surface area contributed by atoms with Crippen LogP contribution in [0.25, 0.3) is 10.9 Å². The molecule has 0 aliphatic carbocycles. The van der Waals surface area contributed by atoms with Gasteiger partial charge in [0.1, 0.15) is 0 Å². The maximum absolute atomic E-state index is 12.3. The minimum Gasteiger partial charge on any atom is -0.494 e. The van der Waals surface area contributed by atoms with Crippen molar-refractivity contribution in [1.29, 1.82) is 0 Å². The van der Waals surface area contributed by atoms with Crippen LogP contribution in [0.5, 0.6) is 17.4 Å². The van der Waals surface area contributed by atoms with E-state index in [0.29, 0.717) is 53.7 Å². The predicted molar refractivity (Wildman–Crippen MR) is 157 cm³/mol. The Kier molecular flexibility index (Phi) is 8.88. The van der Waals surface area contributed by atoms with E-state index in [0.717, 1.165) is 23.2 Å². The molecule has 0 fully saturated rings. The van der Waals surface area contributed by atoms with E-state index in [9.17, 15) is 9.90 Å². The quantitative estimate of drug-likeness (QED) is 0.242. The van der Waals surface area contributed by atoms with Gasteiger partial charge in [-0.2, -0.15) is 0 Å². The molecule has 0 aliphatic heterocycles. The van der Waals surface area contributed by atoms with E-state index in [-0.39, 0.29) is 11.8 Å². The summed E-state index contributed by atoms with van der Waals surface area (Å²) in [5.74, 6) is 1.20. The van der Waals surface area contributed by atoms with Crippen LogP contribution in [0.3, 0.4) is 0 Å². The summed E-state index contributed by atoms with van der Waals surface area (Å²) >= 11 is 0. The van der Waals surface area contributed by atoms with Crippen LogP contribution in [0, 0.1) is 0 Å². The number of nitrogens with one attached hydrogen (secondary N) is 1. The highest BCUT2D eigenvalue weighted by atomic mass is 16.5. The van der Waals surface area contributed by atoms with Crippen LogP contribution in [0.1, 0.15) is 31.9 Å². The minimum absolute atomic E-state index is 0.00626. The monoisotopic (exact) mass is 528 g/mol. The van der Waals surface area contributed by atoms with E-state index in [1.54, 1.807) is 11.8 Å². The number of aliphatic imine (C=N–C) groups is 1. The van der Waals surface area contributed by atoms with Gasteiger partial charge in [0.2, 0.25) is 5.91 Å². The lowest BCUT2D eigenvalue weighted by molar-refractivity contribution is -0.116. The number of aromatic amines is 1. The third kappa shape index (κ3) is 6.41. The molecule has 39 heavy (non-hydrogen) atoms. The summed E-state index contributed by atoms with van der Waals surface area (Å²) in [6.45, 7) is 7.73. The fourth-order valence-electron chi connectivity index (χ4n) is 4.43. The number of hydrogen-bond acceptors (Lipinski definition) is 6. The normalized spacial score (nSPS) is 11.7. The van der Waals surface area contributed by atoms with Crippen molar-refractivity contribution in [1.82, 2.24) is 9.88 Å². The second-order valence-electron chi connectivity index (χ2n) is 9.38. The Labute approximate surface area is 229 Å². The van der Waals surface area contributed by atoms with Gasteiger partial charge in [0, 0.05) is 42.7 Å². The molecule has 8 nitrogen and oxygen atoms in total. The topological polar surface area (TPSA) is 90.4 Å². The number of ether oxygens (including phenoxy) is 2. The number of carbonyl (C=O) groups is 1. The number of aromatic nitrogens is 1. The fourth-order valence-corrected chi connectivity index (χ4v) is 4.43. The number of rotatable bonds is 11. The lowest BCUT2D eigenvalue weighted by Crippen LogP contribution is -2.35. The van der Waals surface area contributed by atoms with Crippen LogP contribution in [-0.2, 0) is 4.79 Å². The number of carbonyl (C=O) groups excluding carboxylic acids is 1. The van der Waals surface area contributed by atoms with Crippen molar-refractivity contribution >= 4 is 33.9 Å². The largest absolute Gasteiger partial charge is 0.494 e. The maximum atomic E-state index is 12.3. The summed E-state index contributed by atoms with van der Waals surface area (Å²) in [5.41, 5.74) is 4.24. The highest BCUT2D eigenvalue weighted by molar-refractivity contribution is 6.22. The van der Waals surface area contributed by atoms with Crippen molar-refractivity contribution in [3.63, 3.8) is 0 Å². The molecule has 2 N–H and O–H groups in total. The van der Waals surface area contributed by atoms with Crippen LogP contribution in [0.15, 0.2) is 71.7 Å². The molecule has 0 aliphatic rings. The average Bonchev–Trinajstić information content (AvgIpc) is 3.23. The van der Waals surface area contributed by atoms with Gasteiger partial charge in [-0.3, -0.25) is 4.79 Å². The zero-order chi connectivity index (χ0) is 27.9. The Hall–Kier alpha value is -4.30. The average molecular weight is 529 g/mol. The Morgan fingerprint density at radius 3 is 2.15 bits per heavy atom. The molecule has 0 radical (unpaired) electrons. The standard InChI is InChI=1S/C31H36N4O4/c1-6-38-27-19-25-26(20-28(27)39-7-2)33-31(37)29(25)30(22-11-9-8-10-12-22)32-23-13-15-24(16-14-23)35(21(3)36)18-17-34(4)5/h8-16,19-20,33,37H,6-7,17-18H2,1-5H3. The molecule has 0 saturated heterocycles. The summed E-state index contributed by atoms with van der Waals surface area (Å²) in [5, 5.41) is 11.9. The molecule has 4 aromatic rings. The van der Waals surface area contributed by atoms with Gasteiger partial charge in [0.15, 0.2) is 17.4 Å². The van der Waals surface area contributed by atoms with E-state index in [1.807, 2.05) is 99.6 Å². The van der Waals surface area contributed by atoms with Gasteiger partial charge in [0.05, 0.1) is 35.7 Å². The van der Waals surface area contributed by atoms with Crippen molar-refractivity contribution in [2.75, 3.05) is 45.3 Å². The third-order valence-corrected chi connectivity index (χ3v) is 6.28. The van der Waals surface area contributed by atoms with Crippen LogP contribution in [0.4, 0.5) is 11.4 Å². The molecule has 0 atom stereocenters. The summed E-state index contributed by atoms with van der Waals surface area (Å²) < 4.78 is 11.6. The number of anilines is 1. The van der Waals surface area contributed by atoms with Gasteiger partial charge in [0.25, 0.3) is 0 Å². The van der Waals surface area contributed by atoms with Crippen molar-refractivity contribution in [3.8, 4) is 17.4 Å². The van der Waals surface area contributed by atoms with Crippen LogP contribution >= 0.6 is 0 Å². The smallest absolute Gasteiger partial charge is 0.223 e. The fraction of sp³-hybridized carbons (Fsp3) is 0.290. The molecular formula is C31H36N4O4. The highest BCUT2D eigenvalue weighted by Gasteiger charge is 2.21. The van der Waals surface area contributed by atoms with Gasteiger partial charge in [-0.05, 0) is 58.3 Å². The summed E-state index contributed by atoms with van der Waals surface area (Å²) in [6, 6.07) is 21.0. The molecule has 3 aromatic carbocycles. The molecule has 0 spiro atoms. The first kappa shape index (κ1) is 27.7. The molecule has 1 amide bonds. The van der Waals surface area contributed by atoms with E-state index in [2.05, 4.69) is 4.98 Å². The van der Waals surface area contributed by atoms with Gasteiger partial charge in [-0.1, -0.05) is 30.3 Å². The molecular weight excluding hydrogens is 492 g/mol. The zero-order valence-electron chi connectivity index (χ0n) is 23.2. The Bertz CT molecular complexity index is 1440. The number of likely N-dealkylation sites (N-methyl/N-ethyl adjacent to an activating group) is 1. The minimum atomic E-state index is -0.0154. The van der Waals surface area contributed by atoms with Crippen LogP contribution < -0.4 is 14.4 Å². The number of benzene rings is 3. The molecule has 204 valence electrons. The van der Waals surface area contributed by atoms with Gasteiger partial charge in [-0.15, -0.1) is 0 Å². The molecule has 0 saturated carbocycles. The number of H-pyrrole nitrogens is 1. The number of hydrogen-bond donors (Lipinski definition) is 2. The van der Waals surface area contributed by atoms with E-state index < -0.39 is 0 Å². The van der Waals surface area contributed by atoms with E-state index in [4.69, 9.17) is 14.5 Å². The number of amides is 1. The lowest BCUT2D eigenvalue weighted by atomic mass is 10.0. The molecule has 1 heterocycles. The van der Waals surface area contributed by atoms with Crippen molar-refractivity contribution < 1.29 is 19.4 Å². The Morgan fingerprint density at radius 2 is 1.56 bits per heavy atom. The van der Waals surface area contributed by atoms with Crippen molar-refractivity contribution in [2.24, 2.45) is 4.99 Å². The van der Waals surface area contributed by atoms with Crippen molar-refractivity contribution in [3.05, 3.63) is 77.9 Å². The van der Waals surface area contributed by atoms with Crippen LogP contribution in [0.2, 0.25) is 0 Å². The molecule has 0 unspecified atom stereocenters. The van der Waals surface area contributed by atoms with E-state index >= 15 is 0 Å². The van der Waals surface area contributed by atoms with Crippen LogP contribution in [-0.4, -0.2) is 67.0 Å². The number of aromatic hydroxyl groups is 1. The molecule has 4 rings (SSSR count). The number of fused-ring (bicyclic) bond motifs is 1. The van der Waals surface area contributed by atoms with Gasteiger partial charge in [-0.25, -0.2) is 4.99 Å². The molecule has 0 bridgehead atoms. The van der Waals surface area contributed by atoms with E-state index in [1.165, 1.54) is 0 Å². The Morgan fingerprint density at radius 1 is 0.923 bits per heavy atom. The third-order valence-electron chi connectivity index (χ3n) is 6.28. The lowest BCUT2D eigenvalue weighted by Gasteiger charge is -2.23. The highest BCUT2D eigenvalue weighted by Crippen LogP contribution is 2.38. The molecule has 8 heteroatoms.